The first-order valence-electron chi connectivity index (χ1n) is 7.72. The van der Waals surface area contributed by atoms with Gasteiger partial charge in [-0.1, -0.05) is 72.6 Å². The topological polar surface area (TPSA) is 17.8 Å². The fourth-order valence-electron chi connectivity index (χ4n) is 2.43. The maximum Gasteiger partial charge on any atom is 0.173 e. The van der Waals surface area contributed by atoms with Gasteiger partial charge in [-0.2, -0.15) is 0 Å². The lowest BCUT2D eigenvalue weighted by Crippen LogP contribution is -2.01. The molecule has 0 atom stereocenters. The minimum absolute atomic E-state index is 0.443. The van der Waals surface area contributed by atoms with E-state index in [1.165, 1.54) is 5.56 Å². The maximum absolute atomic E-state index is 6.21. The smallest absolute Gasteiger partial charge is 0.173 e. The van der Waals surface area contributed by atoms with E-state index in [0.717, 1.165) is 22.1 Å². The van der Waals surface area contributed by atoms with E-state index >= 15 is 0 Å². The summed E-state index contributed by atoms with van der Waals surface area (Å²) in [5.41, 5.74) is 4.31. The molecule has 0 fully saturated rings. The van der Waals surface area contributed by atoms with Crippen LogP contribution in [0.5, 0.6) is 0 Å². The summed E-state index contributed by atoms with van der Waals surface area (Å²) >= 11 is 14.0. The zero-order chi connectivity index (χ0) is 17.3. The maximum atomic E-state index is 6.21. The summed E-state index contributed by atoms with van der Waals surface area (Å²) in [5, 5.41) is 2.51. The van der Waals surface area contributed by atoms with Crippen LogP contribution in [0.4, 0.5) is 0 Å². The van der Waals surface area contributed by atoms with Gasteiger partial charge in [-0.05, 0) is 31.2 Å². The second kappa shape index (κ2) is 7.22. The highest BCUT2D eigenvalue weighted by Gasteiger charge is 2.16. The highest BCUT2D eigenvalue weighted by molar-refractivity contribution is 7.99. The predicted molar refractivity (Wildman–Crippen MR) is 105 cm³/mol. The molecule has 0 spiro atoms. The van der Waals surface area contributed by atoms with Crippen LogP contribution in [0.25, 0.3) is 16.9 Å². The van der Waals surface area contributed by atoms with E-state index in [1.54, 1.807) is 11.8 Å². The number of aromatic nitrogens is 2. The van der Waals surface area contributed by atoms with Crippen molar-refractivity contribution in [2.45, 2.75) is 31.2 Å². The first-order valence-corrected chi connectivity index (χ1v) is 9.36. The van der Waals surface area contributed by atoms with Crippen LogP contribution in [0, 0.1) is 6.92 Å². The van der Waals surface area contributed by atoms with Crippen LogP contribution in [0.3, 0.4) is 0 Å². The molecular weight excluding hydrogens is 359 g/mol. The van der Waals surface area contributed by atoms with E-state index in [1.807, 2.05) is 24.4 Å². The molecule has 0 unspecified atom stereocenters. The standard InChI is InChI=1S/C19H18Cl2N2S/c1-12(2)24-19-22-11-18(14-6-9-16(20)17(21)10-14)23(19)15-7-4-13(3)5-8-15/h4-12H,1-3H3. The number of hydrogen-bond acceptors (Lipinski definition) is 2. The van der Waals surface area contributed by atoms with E-state index in [4.69, 9.17) is 23.2 Å². The molecule has 0 saturated carbocycles. The van der Waals surface area contributed by atoms with Crippen molar-refractivity contribution in [1.29, 1.82) is 0 Å². The van der Waals surface area contributed by atoms with Crippen molar-refractivity contribution in [1.82, 2.24) is 9.55 Å². The quantitative estimate of drug-likeness (QED) is 0.474. The van der Waals surface area contributed by atoms with Gasteiger partial charge >= 0.3 is 0 Å². The molecule has 0 amide bonds. The second-order valence-electron chi connectivity index (χ2n) is 5.89. The molecule has 5 heteroatoms. The summed E-state index contributed by atoms with van der Waals surface area (Å²) in [6, 6.07) is 14.1. The van der Waals surface area contributed by atoms with Crippen molar-refractivity contribution < 1.29 is 0 Å². The lowest BCUT2D eigenvalue weighted by Gasteiger charge is -2.14. The largest absolute Gasteiger partial charge is 0.287 e. The Morgan fingerprint density at radius 3 is 2.33 bits per heavy atom. The molecule has 24 heavy (non-hydrogen) atoms. The van der Waals surface area contributed by atoms with Gasteiger partial charge in [-0.15, -0.1) is 0 Å². The van der Waals surface area contributed by atoms with Crippen LogP contribution < -0.4 is 0 Å². The SMILES string of the molecule is Cc1ccc(-n2c(-c3ccc(Cl)c(Cl)c3)cnc2SC(C)C)cc1. The van der Waals surface area contributed by atoms with E-state index < -0.39 is 0 Å². The van der Waals surface area contributed by atoms with Crippen molar-refractivity contribution in [3.8, 4) is 16.9 Å². The molecule has 0 aliphatic heterocycles. The Bertz CT molecular complexity index is 854. The molecule has 2 aromatic carbocycles. The van der Waals surface area contributed by atoms with Crippen LogP contribution in [0.2, 0.25) is 10.0 Å². The lowest BCUT2D eigenvalue weighted by molar-refractivity contribution is 0.892. The van der Waals surface area contributed by atoms with Gasteiger partial charge < -0.3 is 0 Å². The molecule has 1 heterocycles. The minimum Gasteiger partial charge on any atom is -0.287 e. The molecule has 0 bridgehead atoms. The summed E-state index contributed by atoms with van der Waals surface area (Å²) in [6.07, 6.45) is 1.89. The van der Waals surface area contributed by atoms with Gasteiger partial charge in [0.05, 0.1) is 21.9 Å². The number of hydrogen-bond donors (Lipinski definition) is 0. The first kappa shape index (κ1) is 17.4. The first-order chi connectivity index (χ1) is 11.5. The summed E-state index contributed by atoms with van der Waals surface area (Å²) in [5.74, 6) is 0. The molecule has 0 radical (unpaired) electrons. The molecule has 124 valence electrons. The van der Waals surface area contributed by atoms with Crippen LogP contribution in [0.15, 0.2) is 53.8 Å². The Kier molecular flexibility index (Phi) is 5.24. The third-order valence-electron chi connectivity index (χ3n) is 3.58. The number of nitrogens with zero attached hydrogens (tertiary/aromatic N) is 2. The fourth-order valence-corrected chi connectivity index (χ4v) is 3.57. The number of rotatable bonds is 4. The number of aryl methyl sites for hydroxylation is 1. The predicted octanol–water partition coefficient (Wildman–Crippen LogP) is 6.66. The number of halogens is 2. The molecular formula is C19H18Cl2N2S. The Morgan fingerprint density at radius 2 is 1.71 bits per heavy atom. The summed E-state index contributed by atoms with van der Waals surface area (Å²) in [4.78, 5) is 4.63. The van der Waals surface area contributed by atoms with Crippen molar-refractivity contribution in [2.24, 2.45) is 0 Å². The Labute approximate surface area is 156 Å². The minimum atomic E-state index is 0.443. The molecule has 0 N–H and O–H groups in total. The molecule has 2 nitrogen and oxygen atoms in total. The zero-order valence-electron chi connectivity index (χ0n) is 13.8. The summed E-state index contributed by atoms with van der Waals surface area (Å²) in [6.45, 7) is 6.41. The zero-order valence-corrected chi connectivity index (χ0v) is 16.1. The van der Waals surface area contributed by atoms with Crippen molar-refractivity contribution in [3.63, 3.8) is 0 Å². The molecule has 0 aliphatic rings. The number of thioether (sulfide) groups is 1. The lowest BCUT2D eigenvalue weighted by atomic mass is 10.1. The second-order valence-corrected chi connectivity index (χ2v) is 8.25. The normalized spacial score (nSPS) is 11.2. The van der Waals surface area contributed by atoms with E-state index in [9.17, 15) is 0 Å². The number of imidazole rings is 1. The van der Waals surface area contributed by atoms with Gasteiger partial charge in [0.2, 0.25) is 0 Å². The third-order valence-corrected chi connectivity index (χ3v) is 5.29. The van der Waals surface area contributed by atoms with E-state index in [-0.39, 0.29) is 0 Å². The number of benzene rings is 2. The van der Waals surface area contributed by atoms with E-state index in [2.05, 4.69) is 54.6 Å². The fraction of sp³-hybridized carbons (Fsp3) is 0.211. The Hall–Kier alpha value is -1.42. The van der Waals surface area contributed by atoms with Crippen LogP contribution in [-0.4, -0.2) is 14.8 Å². The molecule has 3 rings (SSSR count). The Balaban J connectivity index is 2.17. The Morgan fingerprint density at radius 1 is 1.00 bits per heavy atom. The van der Waals surface area contributed by atoms with Gasteiger partial charge in [0, 0.05) is 16.5 Å². The molecule has 0 aliphatic carbocycles. The van der Waals surface area contributed by atoms with Gasteiger partial charge in [0.25, 0.3) is 0 Å². The van der Waals surface area contributed by atoms with Gasteiger partial charge in [0.15, 0.2) is 5.16 Å². The average Bonchev–Trinajstić information content (AvgIpc) is 2.93. The van der Waals surface area contributed by atoms with Crippen LogP contribution >= 0.6 is 35.0 Å². The van der Waals surface area contributed by atoms with Crippen molar-refractivity contribution in [3.05, 3.63) is 64.3 Å². The van der Waals surface area contributed by atoms with Crippen molar-refractivity contribution in [2.75, 3.05) is 0 Å². The molecule has 0 saturated heterocycles. The van der Waals surface area contributed by atoms with Crippen LogP contribution in [-0.2, 0) is 0 Å². The monoisotopic (exact) mass is 376 g/mol. The highest BCUT2D eigenvalue weighted by Crippen LogP contribution is 2.34. The van der Waals surface area contributed by atoms with Gasteiger partial charge in [-0.25, -0.2) is 4.98 Å². The third kappa shape index (κ3) is 3.64. The molecule has 1 aromatic heterocycles. The molecule has 3 aromatic rings. The van der Waals surface area contributed by atoms with Crippen LogP contribution in [0.1, 0.15) is 19.4 Å². The van der Waals surface area contributed by atoms with Crippen molar-refractivity contribution >= 4 is 35.0 Å². The highest BCUT2D eigenvalue weighted by atomic mass is 35.5. The average molecular weight is 377 g/mol. The van der Waals surface area contributed by atoms with Gasteiger partial charge in [-0.3, -0.25) is 4.57 Å². The summed E-state index contributed by atoms with van der Waals surface area (Å²) < 4.78 is 2.17. The summed E-state index contributed by atoms with van der Waals surface area (Å²) in [7, 11) is 0. The van der Waals surface area contributed by atoms with E-state index in [0.29, 0.717) is 15.3 Å². The van der Waals surface area contributed by atoms with Gasteiger partial charge in [0.1, 0.15) is 0 Å².